The van der Waals surface area contributed by atoms with Crippen LogP contribution in [0.25, 0.3) is 10.0 Å². The highest BCUT2D eigenvalue weighted by molar-refractivity contribution is 9.11. The van der Waals surface area contributed by atoms with Crippen molar-refractivity contribution in [2.24, 2.45) is 5.92 Å². The lowest BCUT2D eigenvalue weighted by molar-refractivity contribution is 0.0370. The van der Waals surface area contributed by atoms with Crippen LogP contribution in [-0.4, -0.2) is 22.0 Å². The van der Waals surface area contributed by atoms with Gasteiger partial charge < -0.3 is 4.74 Å². The Morgan fingerprint density at radius 1 is 1.29 bits per heavy atom. The molecule has 0 aromatic carbocycles. The molecule has 0 N–H and O–H groups in total. The van der Waals surface area contributed by atoms with Gasteiger partial charge >= 0.3 is 5.97 Å². The Balaban J connectivity index is 2.37. The van der Waals surface area contributed by atoms with Crippen LogP contribution in [0.15, 0.2) is 9.98 Å². The molecule has 0 radical (unpaired) electrons. The first kappa shape index (κ1) is 16.6. The van der Waals surface area contributed by atoms with Crippen LogP contribution in [-0.2, 0) is 11.2 Å². The van der Waals surface area contributed by atoms with Gasteiger partial charge in [-0.05, 0) is 42.1 Å². The van der Waals surface area contributed by atoms with Crippen LogP contribution < -0.4 is 0 Å². The molecule has 4 nitrogen and oxygen atoms in total. The quantitative estimate of drug-likeness (QED) is 0.690. The first-order valence-corrected chi connectivity index (χ1v) is 9.11. The van der Waals surface area contributed by atoms with Crippen molar-refractivity contribution in [1.82, 2.24) is 9.97 Å². The predicted molar refractivity (Wildman–Crippen MR) is 90.0 cm³/mol. The van der Waals surface area contributed by atoms with E-state index in [0.717, 1.165) is 25.1 Å². The molecule has 2 aromatic heterocycles. The summed E-state index contributed by atoms with van der Waals surface area (Å²) >= 11 is 6.43. The van der Waals surface area contributed by atoms with Gasteiger partial charge in [0.1, 0.15) is 0 Å². The van der Waals surface area contributed by atoms with Crippen molar-refractivity contribution in [3.8, 4) is 10.0 Å². The smallest absolute Gasteiger partial charge is 0.358 e. The molecule has 2 aromatic rings. The minimum absolute atomic E-state index is 0.149. The first-order valence-electron chi connectivity index (χ1n) is 6.69. The van der Waals surface area contributed by atoms with E-state index in [4.69, 9.17) is 4.74 Å². The summed E-state index contributed by atoms with van der Waals surface area (Å²) in [5.74, 6) is 0.103. The zero-order valence-electron chi connectivity index (χ0n) is 12.3. The second-order valence-electron chi connectivity index (χ2n) is 5.31. The molecule has 2 heterocycles. The second kappa shape index (κ2) is 6.98. The van der Waals surface area contributed by atoms with Gasteiger partial charge in [0.15, 0.2) is 15.7 Å². The normalized spacial score (nSPS) is 11.4. The van der Waals surface area contributed by atoms with E-state index in [2.05, 4.69) is 39.7 Å². The van der Waals surface area contributed by atoms with E-state index >= 15 is 0 Å². The highest BCUT2D eigenvalue weighted by Gasteiger charge is 2.22. The number of ether oxygens (including phenoxy) is 1. The summed E-state index contributed by atoms with van der Waals surface area (Å²) in [4.78, 5) is 22.0. The van der Waals surface area contributed by atoms with Crippen LogP contribution in [0.3, 0.4) is 0 Å². The number of thiazole rings is 2. The molecule has 0 amide bonds. The monoisotopic (exact) mass is 388 g/mol. The number of halogens is 1. The number of carbonyl (C=O) groups excluding carboxylic acids is 1. The topological polar surface area (TPSA) is 52.1 Å². The molecule has 0 spiro atoms. The van der Waals surface area contributed by atoms with Crippen molar-refractivity contribution in [1.29, 1.82) is 0 Å². The van der Waals surface area contributed by atoms with Crippen molar-refractivity contribution >= 4 is 44.6 Å². The fourth-order valence-corrected chi connectivity index (χ4v) is 4.23. The molecule has 114 valence electrons. The van der Waals surface area contributed by atoms with Gasteiger partial charge in [-0.15, -0.1) is 22.7 Å². The zero-order valence-corrected chi connectivity index (χ0v) is 15.6. The molecule has 0 saturated heterocycles. The lowest BCUT2D eigenvalue weighted by Crippen LogP contribution is -2.14. The third-order valence-electron chi connectivity index (χ3n) is 2.49. The maximum absolute atomic E-state index is 12.2. The van der Waals surface area contributed by atoms with Gasteiger partial charge in [0.25, 0.3) is 0 Å². The van der Waals surface area contributed by atoms with E-state index in [-0.39, 0.29) is 12.1 Å². The predicted octanol–water partition coefficient (Wildman–Crippen LogP) is 4.79. The lowest BCUT2D eigenvalue weighted by Gasteiger charge is -2.08. The van der Waals surface area contributed by atoms with E-state index in [0.29, 0.717) is 11.6 Å². The van der Waals surface area contributed by atoms with E-state index in [1.54, 1.807) is 6.20 Å². The molecule has 2 rings (SSSR count). The average Bonchev–Trinajstić information content (AvgIpc) is 2.94. The standard InChI is InChI=1S/C14H17BrN2O2S2/c1-7(2)5-9-11(14(18)19-8(3)4)17-13(20-9)12-16-6-10(15)21-12/h6-8H,5H2,1-4H3. The third-order valence-corrected chi connectivity index (χ3v) is 5.18. The van der Waals surface area contributed by atoms with Crippen LogP contribution >= 0.6 is 38.6 Å². The van der Waals surface area contributed by atoms with Crippen LogP contribution in [0.2, 0.25) is 0 Å². The SMILES string of the molecule is CC(C)Cc1sc(-c2ncc(Br)s2)nc1C(=O)OC(C)C. The van der Waals surface area contributed by atoms with Crippen molar-refractivity contribution in [3.63, 3.8) is 0 Å². The lowest BCUT2D eigenvalue weighted by atomic mass is 10.1. The Labute approximate surface area is 140 Å². The first-order chi connectivity index (χ1) is 9.86. The molecular formula is C14H17BrN2O2S2. The van der Waals surface area contributed by atoms with E-state index < -0.39 is 0 Å². The summed E-state index contributed by atoms with van der Waals surface area (Å²) in [5.41, 5.74) is 0.434. The van der Waals surface area contributed by atoms with Crippen LogP contribution in [0.5, 0.6) is 0 Å². The highest BCUT2D eigenvalue weighted by Crippen LogP contribution is 2.34. The molecule has 21 heavy (non-hydrogen) atoms. The van der Waals surface area contributed by atoms with Gasteiger partial charge in [-0.25, -0.2) is 14.8 Å². The van der Waals surface area contributed by atoms with Gasteiger partial charge in [0.05, 0.1) is 16.1 Å². The highest BCUT2D eigenvalue weighted by atomic mass is 79.9. The molecule has 0 bridgehead atoms. The fourth-order valence-electron chi connectivity index (χ4n) is 1.74. The third kappa shape index (κ3) is 4.34. The minimum atomic E-state index is -0.348. The Hall–Kier alpha value is -0.790. The molecule has 7 heteroatoms. The van der Waals surface area contributed by atoms with E-state index in [9.17, 15) is 4.79 Å². The number of nitrogens with zero attached hydrogens (tertiary/aromatic N) is 2. The van der Waals surface area contributed by atoms with Crippen LogP contribution in [0.4, 0.5) is 0 Å². The van der Waals surface area contributed by atoms with Crippen molar-refractivity contribution in [2.45, 2.75) is 40.2 Å². The van der Waals surface area contributed by atoms with Crippen molar-refractivity contribution < 1.29 is 9.53 Å². The second-order valence-corrected chi connectivity index (χ2v) is 8.81. The molecular weight excluding hydrogens is 372 g/mol. The average molecular weight is 389 g/mol. The Bertz CT molecular complexity index is 635. The maximum atomic E-state index is 12.2. The van der Waals surface area contributed by atoms with Crippen molar-refractivity contribution in [3.05, 3.63) is 20.6 Å². The van der Waals surface area contributed by atoms with E-state index in [1.807, 2.05) is 13.8 Å². The Morgan fingerprint density at radius 2 is 2.00 bits per heavy atom. The summed E-state index contributed by atoms with van der Waals surface area (Å²) in [6.45, 7) is 7.92. The summed E-state index contributed by atoms with van der Waals surface area (Å²) in [7, 11) is 0. The number of hydrogen-bond acceptors (Lipinski definition) is 6. The number of carbonyl (C=O) groups is 1. The van der Waals surface area contributed by atoms with Crippen molar-refractivity contribution in [2.75, 3.05) is 0 Å². The fraction of sp³-hybridized carbons (Fsp3) is 0.500. The maximum Gasteiger partial charge on any atom is 0.358 e. The largest absolute Gasteiger partial charge is 0.458 e. The number of hydrogen-bond donors (Lipinski definition) is 0. The number of esters is 1. The number of aromatic nitrogens is 2. The summed E-state index contributed by atoms with van der Waals surface area (Å²) in [6.07, 6.45) is 2.41. The van der Waals surface area contributed by atoms with Crippen LogP contribution in [0, 0.1) is 5.92 Å². The molecule has 0 aliphatic carbocycles. The molecule has 0 atom stereocenters. The van der Waals surface area contributed by atoms with Gasteiger partial charge in [-0.1, -0.05) is 13.8 Å². The Kier molecular flexibility index (Phi) is 5.51. The van der Waals surface area contributed by atoms with Gasteiger partial charge in [0, 0.05) is 4.88 Å². The molecule has 0 fully saturated rings. The number of rotatable bonds is 5. The Morgan fingerprint density at radius 3 is 2.52 bits per heavy atom. The molecule has 0 aliphatic heterocycles. The van der Waals surface area contributed by atoms with Crippen LogP contribution in [0.1, 0.15) is 43.1 Å². The zero-order chi connectivity index (χ0) is 15.6. The molecule has 0 saturated carbocycles. The van der Waals surface area contributed by atoms with Gasteiger partial charge in [-0.3, -0.25) is 0 Å². The summed E-state index contributed by atoms with van der Waals surface area (Å²) in [5, 5.41) is 1.59. The van der Waals surface area contributed by atoms with Gasteiger partial charge in [-0.2, -0.15) is 0 Å². The van der Waals surface area contributed by atoms with Gasteiger partial charge in [0.2, 0.25) is 0 Å². The molecule has 0 unspecified atom stereocenters. The summed E-state index contributed by atoms with van der Waals surface area (Å²) < 4.78 is 6.24. The summed E-state index contributed by atoms with van der Waals surface area (Å²) in [6, 6.07) is 0. The molecule has 0 aliphatic rings. The van der Waals surface area contributed by atoms with E-state index in [1.165, 1.54) is 22.7 Å². The minimum Gasteiger partial charge on any atom is -0.458 e.